The minimum atomic E-state index is 0.666. The van der Waals surface area contributed by atoms with Crippen molar-refractivity contribution in [3.05, 3.63) is 12.2 Å². The highest BCUT2D eigenvalue weighted by molar-refractivity contribution is 4.88. The van der Waals surface area contributed by atoms with E-state index in [9.17, 15) is 0 Å². The van der Waals surface area contributed by atoms with Crippen LogP contribution in [0, 0.1) is 0 Å². The summed E-state index contributed by atoms with van der Waals surface area (Å²) < 4.78 is 0. The van der Waals surface area contributed by atoms with Crippen LogP contribution in [0.3, 0.4) is 0 Å². The number of hydrogen-bond acceptors (Lipinski definition) is 1. The van der Waals surface area contributed by atoms with Gasteiger partial charge in [-0.2, -0.15) is 0 Å². The smallest absolute Gasteiger partial charge is 0.00386 e. The molecule has 0 aromatic rings. The first-order chi connectivity index (χ1) is 5.07. The highest BCUT2D eigenvalue weighted by Gasteiger charge is 2.04. The molecule has 0 aromatic heterocycles. The molecule has 66 valence electrons. The van der Waals surface area contributed by atoms with Crippen LogP contribution >= 0.6 is 0 Å². The lowest BCUT2D eigenvalue weighted by Crippen LogP contribution is -2.31. The molecular weight excluding hydrogens is 134 g/mol. The summed E-state index contributed by atoms with van der Waals surface area (Å²) in [5, 5.41) is 0. The Kier molecular flexibility index (Phi) is 5.22. The van der Waals surface area contributed by atoms with Gasteiger partial charge < -0.3 is 4.90 Å². The van der Waals surface area contributed by atoms with E-state index in [1.807, 2.05) is 0 Å². The zero-order valence-electron chi connectivity index (χ0n) is 8.35. The molecule has 0 amide bonds. The highest BCUT2D eigenvalue weighted by atomic mass is 15.1. The largest absolute Gasteiger partial charge is 0.301 e. The Bertz CT molecular complexity index is 116. The summed E-state index contributed by atoms with van der Waals surface area (Å²) >= 11 is 0. The Hall–Kier alpha value is -0.300. The van der Waals surface area contributed by atoms with Crippen LogP contribution in [0.15, 0.2) is 12.2 Å². The lowest BCUT2D eigenvalue weighted by molar-refractivity contribution is 0.236. The molecule has 0 aliphatic carbocycles. The molecule has 0 aliphatic rings. The molecule has 0 saturated heterocycles. The van der Waals surface area contributed by atoms with Gasteiger partial charge in [-0.25, -0.2) is 0 Å². The van der Waals surface area contributed by atoms with E-state index in [0.717, 1.165) is 19.5 Å². The fourth-order valence-electron chi connectivity index (χ4n) is 1.12. The van der Waals surface area contributed by atoms with Crippen molar-refractivity contribution in [2.45, 2.75) is 40.2 Å². The second-order valence-electron chi connectivity index (χ2n) is 3.43. The number of nitrogens with zero attached hydrogens (tertiary/aromatic N) is 1. The van der Waals surface area contributed by atoms with Crippen LogP contribution in [0.1, 0.15) is 34.1 Å². The normalized spacial score (nSPS) is 11.1. The van der Waals surface area contributed by atoms with Gasteiger partial charge in [-0.1, -0.05) is 12.5 Å². The van der Waals surface area contributed by atoms with Crippen LogP contribution in [0.4, 0.5) is 0 Å². The monoisotopic (exact) mass is 155 g/mol. The summed E-state index contributed by atoms with van der Waals surface area (Å²) in [6.45, 7) is 15.0. The van der Waals surface area contributed by atoms with Crippen LogP contribution in [-0.4, -0.2) is 24.0 Å². The number of rotatable bonds is 5. The maximum Gasteiger partial charge on any atom is 0.00386 e. The molecule has 0 fully saturated rings. The molecule has 0 rings (SSSR count). The Balaban J connectivity index is 3.61. The molecule has 0 aromatic carbocycles. The van der Waals surface area contributed by atoms with Crippen molar-refractivity contribution >= 4 is 0 Å². The molecule has 11 heavy (non-hydrogen) atoms. The third-order valence-corrected chi connectivity index (χ3v) is 1.96. The zero-order valence-corrected chi connectivity index (χ0v) is 8.35. The van der Waals surface area contributed by atoms with E-state index >= 15 is 0 Å². The van der Waals surface area contributed by atoms with E-state index in [0.29, 0.717) is 6.04 Å². The van der Waals surface area contributed by atoms with Crippen molar-refractivity contribution in [1.29, 1.82) is 0 Å². The maximum absolute atomic E-state index is 3.89. The van der Waals surface area contributed by atoms with Gasteiger partial charge in [0.25, 0.3) is 0 Å². The quantitative estimate of drug-likeness (QED) is 0.552. The third-order valence-electron chi connectivity index (χ3n) is 1.96. The average molecular weight is 155 g/mol. The van der Waals surface area contributed by atoms with Gasteiger partial charge in [0.05, 0.1) is 0 Å². The molecule has 0 atom stereocenters. The van der Waals surface area contributed by atoms with E-state index in [-0.39, 0.29) is 0 Å². The van der Waals surface area contributed by atoms with E-state index in [2.05, 4.69) is 39.2 Å². The summed E-state index contributed by atoms with van der Waals surface area (Å²) in [6, 6.07) is 0.666. The van der Waals surface area contributed by atoms with Gasteiger partial charge in [-0.05, 0) is 33.7 Å². The first-order valence-corrected chi connectivity index (χ1v) is 4.46. The van der Waals surface area contributed by atoms with Gasteiger partial charge in [0.2, 0.25) is 0 Å². The van der Waals surface area contributed by atoms with Crippen LogP contribution in [0.25, 0.3) is 0 Å². The van der Waals surface area contributed by atoms with Gasteiger partial charge >= 0.3 is 0 Å². The van der Waals surface area contributed by atoms with Gasteiger partial charge in [0.1, 0.15) is 0 Å². The summed E-state index contributed by atoms with van der Waals surface area (Å²) in [4.78, 5) is 2.45. The number of hydrogen-bond donors (Lipinski definition) is 0. The summed E-state index contributed by atoms with van der Waals surface area (Å²) in [5.74, 6) is 0. The molecular formula is C10H21N. The lowest BCUT2D eigenvalue weighted by atomic mass is 10.2. The molecule has 0 N–H and O–H groups in total. The van der Waals surface area contributed by atoms with Crippen molar-refractivity contribution < 1.29 is 0 Å². The molecule has 0 spiro atoms. The minimum Gasteiger partial charge on any atom is -0.301 e. The second kappa shape index (κ2) is 5.36. The second-order valence-corrected chi connectivity index (χ2v) is 3.43. The standard InChI is InChI=1S/C10H21N/c1-6-11(10(4)5)8-7-9(2)3/h10H,2,6-8H2,1,3-5H3. The van der Waals surface area contributed by atoms with Crippen molar-refractivity contribution in [3.8, 4) is 0 Å². The topological polar surface area (TPSA) is 3.24 Å². The fourth-order valence-corrected chi connectivity index (χ4v) is 1.12. The first-order valence-electron chi connectivity index (χ1n) is 4.46. The molecule has 0 saturated carbocycles. The van der Waals surface area contributed by atoms with Crippen LogP contribution in [0.5, 0.6) is 0 Å². The SMILES string of the molecule is C=C(C)CCN(CC)C(C)C. The van der Waals surface area contributed by atoms with Crippen LogP contribution in [0.2, 0.25) is 0 Å². The summed E-state index contributed by atoms with van der Waals surface area (Å²) in [7, 11) is 0. The Morgan fingerprint density at radius 2 is 2.00 bits per heavy atom. The van der Waals surface area contributed by atoms with Crippen LogP contribution in [-0.2, 0) is 0 Å². The summed E-state index contributed by atoms with van der Waals surface area (Å²) in [5.41, 5.74) is 1.28. The molecule has 1 nitrogen and oxygen atoms in total. The lowest BCUT2D eigenvalue weighted by Gasteiger charge is -2.24. The fraction of sp³-hybridized carbons (Fsp3) is 0.800. The van der Waals surface area contributed by atoms with E-state index in [1.54, 1.807) is 0 Å². The molecule has 0 unspecified atom stereocenters. The van der Waals surface area contributed by atoms with Gasteiger partial charge in [-0.3, -0.25) is 0 Å². The van der Waals surface area contributed by atoms with Gasteiger partial charge in [0, 0.05) is 12.6 Å². The van der Waals surface area contributed by atoms with E-state index in [4.69, 9.17) is 0 Å². The zero-order chi connectivity index (χ0) is 8.85. The Labute approximate surface area is 71.1 Å². The molecule has 0 radical (unpaired) electrons. The average Bonchev–Trinajstić information content (AvgIpc) is 1.87. The van der Waals surface area contributed by atoms with Crippen molar-refractivity contribution in [2.24, 2.45) is 0 Å². The van der Waals surface area contributed by atoms with Crippen molar-refractivity contribution in [1.82, 2.24) is 4.90 Å². The minimum absolute atomic E-state index is 0.666. The van der Waals surface area contributed by atoms with E-state index < -0.39 is 0 Å². The Morgan fingerprint density at radius 3 is 2.27 bits per heavy atom. The van der Waals surface area contributed by atoms with Crippen LogP contribution < -0.4 is 0 Å². The molecule has 0 aliphatic heterocycles. The summed E-state index contributed by atoms with van der Waals surface area (Å²) in [6.07, 6.45) is 1.13. The van der Waals surface area contributed by atoms with Crippen molar-refractivity contribution in [3.63, 3.8) is 0 Å². The first kappa shape index (κ1) is 10.7. The molecule has 1 heteroatoms. The van der Waals surface area contributed by atoms with E-state index in [1.165, 1.54) is 5.57 Å². The predicted molar refractivity (Wildman–Crippen MR) is 51.8 cm³/mol. The van der Waals surface area contributed by atoms with Gasteiger partial charge in [0.15, 0.2) is 0 Å². The molecule has 0 bridgehead atoms. The maximum atomic E-state index is 3.89. The highest BCUT2D eigenvalue weighted by Crippen LogP contribution is 2.02. The Morgan fingerprint density at radius 1 is 1.45 bits per heavy atom. The van der Waals surface area contributed by atoms with Gasteiger partial charge in [-0.15, -0.1) is 6.58 Å². The van der Waals surface area contributed by atoms with Crippen molar-refractivity contribution in [2.75, 3.05) is 13.1 Å². The third kappa shape index (κ3) is 5.02. The predicted octanol–water partition coefficient (Wildman–Crippen LogP) is 2.68. The molecule has 0 heterocycles.